The summed E-state index contributed by atoms with van der Waals surface area (Å²) in [6, 6.07) is 10.4. The molecule has 0 aliphatic heterocycles. The lowest BCUT2D eigenvalue weighted by Crippen LogP contribution is -1.83. The molecule has 1 N–H and O–H groups in total. The van der Waals surface area contributed by atoms with Crippen LogP contribution in [0.3, 0.4) is 0 Å². The number of fused-ring (bicyclic) bond motifs is 1. The van der Waals surface area contributed by atoms with Gasteiger partial charge in [0.1, 0.15) is 0 Å². The molecule has 1 aromatic carbocycles. The molecule has 3 heteroatoms. The molecule has 0 radical (unpaired) electrons. The molecule has 0 aliphatic carbocycles. The smallest absolute Gasteiger partial charge is 0.0705 e. The molecule has 78 valence electrons. The average Bonchev–Trinajstić information content (AvgIpc) is 2.82. The predicted octanol–water partition coefficient (Wildman–Crippen LogP) is 2.93. The predicted molar refractivity (Wildman–Crippen MR) is 64.1 cm³/mol. The molecule has 0 saturated carbocycles. The topological polar surface area (TPSA) is 41.6 Å². The van der Waals surface area contributed by atoms with Crippen molar-refractivity contribution in [2.45, 2.75) is 6.92 Å². The molecule has 0 bridgehead atoms. The first-order valence-electron chi connectivity index (χ1n) is 5.19. The van der Waals surface area contributed by atoms with Crippen molar-refractivity contribution in [3.8, 4) is 11.1 Å². The Hall–Kier alpha value is -2.16. The molecule has 2 heterocycles. The van der Waals surface area contributed by atoms with Crippen LogP contribution in [0.15, 0.2) is 42.7 Å². The van der Waals surface area contributed by atoms with E-state index in [9.17, 15) is 0 Å². The van der Waals surface area contributed by atoms with Crippen LogP contribution in [0.25, 0.3) is 22.0 Å². The fourth-order valence-electron chi connectivity index (χ4n) is 1.82. The number of rotatable bonds is 1. The third kappa shape index (κ3) is 1.46. The highest BCUT2D eigenvalue weighted by molar-refractivity contribution is 5.84. The number of hydrogen-bond donors (Lipinski definition) is 1. The highest BCUT2D eigenvalue weighted by Crippen LogP contribution is 2.22. The Balaban J connectivity index is 2.20. The Morgan fingerprint density at radius 1 is 1.06 bits per heavy atom. The lowest BCUT2D eigenvalue weighted by Gasteiger charge is -2.01. The van der Waals surface area contributed by atoms with Gasteiger partial charge in [0.15, 0.2) is 0 Å². The summed E-state index contributed by atoms with van der Waals surface area (Å²) >= 11 is 0. The molecule has 0 atom stereocenters. The monoisotopic (exact) mass is 209 g/mol. The maximum Gasteiger partial charge on any atom is 0.0705 e. The van der Waals surface area contributed by atoms with Gasteiger partial charge in [-0.25, -0.2) is 0 Å². The molecule has 3 rings (SSSR count). The van der Waals surface area contributed by atoms with Gasteiger partial charge in [0, 0.05) is 22.8 Å². The Morgan fingerprint density at radius 2 is 2.00 bits per heavy atom. The second-order valence-corrected chi connectivity index (χ2v) is 3.85. The molecule has 0 amide bonds. The van der Waals surface area contributed by atoms with Crippen molar-refractivity contribution in [1.29, 1.82) is 0 Å². The Labute approximate surface area is 93.2 Å². The fourth-order valence-corrected chi connectivity index (χ4v) is 1.82. The zero-order valence-electron chi connectivity index (χ0n) is 8.94. The fraction of sp³-hybridized carbons (Fsp3) is 0.0769. The van der Waals surface area contributed by atoms with Gasteiger partial charge < -0.3 is 0 Å². The summed E-state index contributed by atoms with van der Waals surface area (Å²) in [5, 5.41) is 7.93. The molecule has 16 heavy (non-hydrogen) atoms. The van der Waals surface area contributed by atoms with E-state index in [0.717, 1.165) is 27.7 Å². The minimum atomic E-state index is 1.03. The second-order valence-electron chi connectivity index (χ2n) is 3.85. The van der Waals surface area contributed by atoms with Crippen LogP contribution in [0, 0.1) is 6.92 Å². The Kier molecular flexibility index (Phi) is 1.96. The molecule has 0 saturated heterocycles. The van der Waals surface area contributed by atoms with Crippen molar-refractivity contribution in [1.82, 2.24) is 15.2 Å². The summed E-state index contributed by atoms with van der Waals surface area (Å²) < 4.78 is 0. The SMILES string of the molecule is Cc1ccc2cc(-c3cn[nH]c3)ccc2n1. The molecule has 0 fully saturated rings. The minimum Gasteiger partial charge on any atom is -0.285 e. The number of aryl methyl sites for hydroxylation is 1. The largest absolute Gasteiger partial charge is 0.285 e. The van der Waals surface area contributed by atoms with Crippen LogP contribution in [0.5, 0.6) is 0 Å². The van der Waals surface area contributed by atoms with Gasteiger partial charge in [0.2, 0.25) is 0 Å². The van der Waals surface area contributed by atoms with Gasteiger partial charge in [0.05, 0.1) is 11.7 Å². The van der Waals surface area contributed by atoms with E-state index in [4.69, 9.17) is 0 Å². The first kappa shape index (κ1) is 9.09. The summed E-state index contributed by atoms with van der Waals surface area (Å²) in [7, 11) is 0. The van der Waals surface area contributed by atoms with Gasteiger partial charge >= 0.3 is 0 Å². The first-order valence-corrected chi connectivity index (χ1v) is 5.19. The van der Waals surface area contributed by atoms with Gasteiger partial charge in [-0.15, -0.1) is 0 Å². The number of nitrogens with one attached hydrogen (secondary N) is 1. The molecule has 0 spiro atoms. The number of benzene rings is 1. The highest BCUT2D eigenvalue weighted by atomic mass is 15.1. The number of nitrogens with zero attached hydrogens (tertiary/aromatic N) is 2. The van der Waals surface area contributed by atoms with E-state index in [2.05, 4.69) is 33.4 Å². The van der Waals surface area contributed by atoms with E-state index in [1.165, 1.54) is 0 Å². The zero-order valence-corrected chi connectivity index (χ0v) is 8.94. The molecule has 0 unspecified atom stereocenters. The van der Waals surface area contributed by atoms with Crippen molar-refractivity contribution in [3.63, 3.8) is 0 Å². The van der Waals surface area contributed by atoms with Crippen LogP contribution < -0.4 is 0 Å². The number of aromatic amines is 1. The molecule has 3 aromatic rings. The molecule has 3 nitrogen and oxygen atoms in total. The summed E-state index contributed by atoms with van der Waals surface area (Å²) in [6.07, 6.45) is 3.71. The average molecular weight is 209 g/mol. The zero-order chi connectivity index (χ0) is 11.0. The van der Waals surface area contributed by atoms with E-state index in [-0.39, 0.29) is 0 Å². The molecular weight excluding hydrogens is 198 g/mol. The number of aromatic nitrogens is 3. The summed E-state index contributed by atoms with van der Waals surface area (Å²) in [5.41, 5.74) is 4.34. The highest BCUT2D eigenvalue weighted by Gasteiger charge is 2.01. The van der Waals surface area contributed by atoms with Crippen molar-refractivity contribution in [2.75, 3.05) is 0 Å². The van der Waals surface area contributed by atoms with Crippen molar-refractivity contribution in [3.05, 3.63) is 48.4 Å². The third-order valence-electron chi connectivity index (χ3n) is 2.66. The van der Waals surface area contributed by atoms with Gasteiger partial charge in [-0.2, -0.15) is 5.10 Å². The van der Waals surface area contributed by atoms with E-state index in [1.807, 2.05) is 31.5 Å². The van der Waals surface area contributed by atoms with E-state index < -0.39 is 0 Å². The molecule has 0 aliphatic rings. The van der Waals surface area contributed by atoms with Gasteiger partial charge in [-0.3, -0.25) is 10.1 Å². The lowest BCUT2D eigenvalue weighted by molar-refractivity contribution is 1.09. The van der Waals surface area contributed by atoms with Crippen molar-refractivity contribution < 1.29 is 0 Å². The maximum atomic E-state index is 4.47. The lowest BCUT2D eigenvalue weighted by atomic mass is 10.1. The van der Waals surface area contributed by atoms with Gasteiger partial charge in [0.25, 0.3) is 0 Å². The quantitative estimate of drug-likeness (QED) is 0.669. The maximum absolute atomic E-state index is 4.47. The van der Waals surface area contributed by atoms with Crippen LogP contribution in [0.1, 0.15) is 5.69 Å². The van der Waals surface area contributed by atoms with Crippen LogP contribution in [0.4, 0.5) is 0 Å². The van der Waals surface area contributed by atoms with E-state index >= 15 is 0 Å². The van der Waals surface area contributed by atoms with E-state index in [0.29, 0.717) is 0 Å². The summed E-state index contributed by atoms with van der Waals surface area (Å²) in [4.78, 5) is 4.47. The van der Waals surface area contributed by atoms with Gasteiger partial charge in [-0.1, -0.05) is 12.1 Å². The van der Waals surface area contributed by atoms with Crippen molar-refractivity contribution in [2.24, 2.45) is 0 Å². The van der Waals surface area contributed by atoms with Crippen LogP contribution in [-0.2, 0) is 0 Å². The van der Waals surface area contributed by atoms with Crippen molar-refractivity contribution >= 4 is 10.9 Å². The number of pyridine rings is 1. The Bertz CT molecular complexity index is 627. The normalized spacial score (nSPS) is 10.8. The minimum absolute atomic E-state index is 1.03. The van der Waals surface area contributed by atoms with E-state index in [1.54, 1.807) is 0 Å². The van der Waals surface area contributed by atoms with Crippen LogP contribution in [0.2, 0.25) is 0 Å². The van der Waals surface area contributed by atoms with Crippen LogP contribution in [-0.4, -0.2) is 15.2 Å². The first-order chi connectivity index (χ1) is 7.83. The number of H-pyrrole nitrogens is 1. The molecule has 2 aromatic heterocycles. The molecular formula is C13H11N3. The summed E-state index contributed by atoms with van der Waals surface area (Å²) in [5.74, 6) is 0. The van der Waals surface area contributed by atoms with Gasteiger partial charge in [-0.05, 0) is 30.7 Å². The standard InChI is InChI=1S/C13H11N3/c1-9-2-3-11-6-10(4-5-13(11)16-9)12-7-14-15-8-12/h2-8H,1H3,(H,14,15). The Morgan fingerprint density at radius 3 is 2.81 bits per heavy atom. The summed E-state index contributed by atoms with van der Waals surface area (Å²) in [6.45, 7) is 2.00. The third-order valence-corrected chi connectivity index (χ3v) is 2.66. The number of hydrogen-bond acceptors (Lipinski definition) is 2. The second kappa shape index (κ2) is 3.45. The van der Waals surface area contributed by atoms with Crippen LogP contribution >= 0.6 is 0 Å².